The summed E-state index contributed by atoms with van der Waals surface area (Å²) in [6.07, 6.45) is 0.332. The Kier molecular flexibility index (Phi) is 4.68. The number of carbonyl (C=O) groups is 3. The van der Waals surface area contributed by atoms with E-state index in [0.29, 0.717) is 18.5 Å². The molecular formula is C20H22N2O4. The molecular weight excluding hydrogens is 332 g/mol. The Balaban J connectivity index is 1.83. The number of amides is 3. The van der Waals surface area contributed by atoms with E-state index in [1.165, 1.54) is 0 Å². The number of anilines is 1. The smallest absolute Gasteiger partial charge is 0.412 e. The number of carbonyl (C=O) groups excluding carboxylic acids is 3. The number of fused-ring (bicyclic) bond motifs is 1. The van der Waals surface area contributed by atoms with Crippen LogP contribution in [0.25, 0.3) is 10.8 Å². The summed E-state index contributed by atoms with van der Waals surface area (Å²) in [5, 5.41) is 7.00. The van der Waals surface area contributed by atoms with Crippen molar-refractivity contribution in [2.75, 3.05) is 5.32 Å². The molecule has 3 rings (SSSR count). The quantitative estimate of drug-likeness (QED) is 0.805. The van der Waals surface area contributed by atoms with Gasteiger partial charge in [0.15, 0.2) is 0 Å². The summed E-state index contributed by atoms with van der Waals surface area (Å²) in [6.45, 7) is 5.41. The van der Waals surface area contributed by atoms with Gasteiger partial charge in [-0.2, -0.15) is 0 Å². The highest BCUT2D eigenvalue weighted by Gasteiger charge is 2.27. The van der Waals surface area contributed by atoms with Gasteiger partial charge in [0.2, 0.25) is 11.8 Å². The first-order valence-corrected chi connectivity index (χ1v) is 8.59. The normalized spacial score (nSPS) is 17.7. The van der Waals surface area contributed by atoms with Crippen molar-refractivity contribution in [1.29, 1.82) is 0 Å². The standard InChI is InChI=1S/C20H22N2O4/c1-20(2,3)26-19(25)21-15-7-6-12-4-5-13(10-14(12)11-15)16-8-9-17(23)22-18(16)24/h4-7,10-11,16H,8-9H2,1-3H3,(H,21,25)(H,22,23,24). The molecule has 0 spiro atoms. The summed E-state index contributed by atoms with van der Waals surface area (Å²) in [5.74, 6) is -0.820. The van der Waals surface area contributed by atoms with Crippen molar-refractivity contribution in [3.63, 3.8) is 0 Å². The van der Waals surface area contributed by atoms with Crippen LogP contribution in [0.2, 0.25) is 0 Å². The molecule has 0 aromatic heterocycles. The summed E-state index contributed by atoms with van der Waals surface area (Å²) in [7, 11) is 0. The maximum atomic E-state index is 12.1. The fourth-order valence-corrected chi connectivity index (χ4v) is 2.99. The average Bonchev–Trinajstić information content (AvgIpc) is 2.52. The highest BCUT2D eigenvalue weighted by molar-refractivity contribution is 6.01. The van der Waals surface area contributed by atoms with E-state index in [9.17, 15) is 14.4 Å². The summed E-state index contributed by atoms with van der Waals surface area (Å²) in [6, 6.07) is 11.3. The van der Waals surface area contributed by atoms with Gasteiger partial charge in [-0.15, -0.1) is 0 Å². The Hall–Kier alpha value is -2.89. The highest BCUT2D eigenvalue weighted by Crippen LogP contribution is 2.29. The van der Waals surface area contributed by atoms with Crippen molar-refractivity contribution in [2.45, 2.75) is 45.1 Å². The van der Waals surface area contributed by atoms with E-state index in [4.69, 9.17) is 4.74 Å². The van der Waals surface area contributed by atoms with Gasteiger partial charge in [0.1, 0.15) is 5.60 Å². The van der Waals surface area contributed by atoms with Gasteiger partial charge in [-0.25, -0.2) is 4.79 Å². The molecule has 2 N–H and O–H groups in total. The second kappa shape index (κ2) is 6.78. The van der Waals surface area contributed by atoms with E-state index in [1.54, 1.807) is 26.8 Å². The lowest BCUT2D eigenvalue weighted by molar-refractivity contribution is -0.134. The van der Waals surface area contributed by atoms with Gasteiger partial charge in [-0.1, -0.05) is 24.3 Å². The molecule has 6 nitrogen and oxygen atoms in total. The first kappa shape index (κ1) is 17.9. The molecule has 2 aromatic carbocycles. The molecule has 0 aliphatic carbocycles. The van der Waals surface area contributed by atoms with E-state index >= 15 is 0 Å². The van der Waals surface area contributed by atoms with Crippen LogP contribution in [0.1, 0.15) is 45.1 Å². The lowest BCUT2D eigenvalue weighted by Crippen LogP contribution is -2.39. The summed E-state index contributed by atoms with van der Waals surface area (Å²) in [5.41, 5.74) is 0.906. The fraction of sp³-hybridized carbons (Fsp3) is 0.350. The summed E-state index contributed by atoms with van der Waals surface area (Å²) >= 11 is 0. The van der Waals surface area contributed by atoms with Crippen LogP contribution in [-0.4, -0.2) is 23.5 Å². The number of piperidine rings is 1. The van der Waals surface area contributed by atoms with Crippen LogP contribution in [0.3, 0.4) is 0 Å². The predicted octanol–water partition coefficient (Wildman–Crippen LogP) is 3.71. The molecule has 1 aliphatic heterocycles. The number of ether oxygens (including phenoxy) is 1. The molecule has 2 aromatic rings. The first-order chi connectivity index (χ1) is 12.2. The second-order valence-electron chi connectivity index (χ2n) is 7.45. The Labute approximate surface area is 151 Å². The molecule has 1 saturated heterocycles. The Morgan fingerprint density at radius 1 is 1.12 bits per heavy atom. The van der Waals surface area contributed by atoms with Crippen molar-refractivity contribution in [1.82, 2.24) is 5.32 Å². The van der Waals surface area contributed by atoms with E-state index in [-0.39, 0.29) is 17.7 Å². The van der Waals surface area contributed by atoms with Crippen LogP contribution in [0.15, 0.2) is 36.4 Å². The number of benzene rings is 2. The third-order valence-electron chi connectivity index (χ3n) is 4.15. The van der Waals surface area contributed by atoms with Crippen molar-refractivity contribution in [3.8, 4) is 0 Å². The topological polar surface area (TPSA) is 84.5 Å². The van der Waals surface area contributed by atoms with Crippen LogP contribution < -0.4 is 10.6 Å². The monoisotopic (exact) mass is 354 g/mol. The predicted molar refractivity (Wildman–Crippen MR) is 98.9 cm³/mol. The maximum Gasteiger partial charge on any atom is 0.412 e. The van der Waals surface area contributed by atoms with Gasteiger partial charge in [0, 0.05) is 12.1 Å². The average molecular weight is 354 g/mol. The van der Waals surface area contributed by atoms with Crippen molar-refractivity contribution < 1.29 is 19.1 Å². The molecule has 3 amide bonds. The third kappa shape index (κ3) is 4.20. The minimum Gasteiger partial charge on any atom is -0.444 e. The largest absolute Gasteiger partial charge is 0.444 e. The zero-order valence-electron chi connectivity index (χ0n) is 15.1. The van der Waals surface area contributed by atoms with Crippen LogP contribution in [-0.2, 0) is 14.3 Å². The molecule has 136 valence electrons. The molecule has 1 heterocycles. The minimum atomic E-state index is -0.570. The van der Waals surface area contributed by atoms with E-state index < -0.39 is 11.7 Å². The van der Waals surface area contributed by atoms with Crippen LogP contribution in [0.5, 0.6) is 0 Å². The van der Waals surface area contributed by atoms with Gasteiger partial charge in [0.25, 0.3) is 0 Å². The molecule has 0 saturated carbocycles. The van der Waals surface area contributed by atoms with Crippen molar-refractivity contribution in [3.05, 3.63) is 42.0 Å². The van der Waals surface area contributed by atoms with Gasteiger partial charge in [0.05, 0.1) is 5.92 Å². The second-order valence-corrected chi connectivity index (χ2v) is 7.45. The van der Waals surface area contributed by atoms with E-state index in [2.05, 4.69) is 10.6 Å². The molecule has 26 heavy (non-hydrogen) atoms. The molecule has 1 aliphatic rings. The SMILES string of the molecule is CC(C)(C)OC(=O)Nc1ccc2ccc(C3CCC(=O)NC3=O)cc2c1. The lowest BCUT2D eigenvalue weighted by atomic mass is 9.89. The summed E-state index contributed by atoms with van der Waals surface area (Å²) in [4.78, 5) is 35.3. The Bertz CT molecular complexity index is 883. The number of hydrogen-bond donors (Lipinski definition) is 2. The van der Waals surface area contributed by atoms with Gasteiger partial charge in [-0.05, 0) is 55.7 Å². The maximum absolute atomic E-state index is 12.1. The molecule has 0 radical (unpaired) electrons. The number of rotatable bonds is 2. The van der Waals surface area contributed by atoms with Gasteiger partial charge >= 0.3 is 6.09 Å². The zero-order chi connectivity index (χ0) is 18.9. The van der Waals surface area contributed by atoms with Crippen molar-refractivity contribution >= 4 is 34.4 Å². The highest BCUT2D eigenvalue weighted by atomic mass is 16.6. The zero-order valence-corrected chi connectivity index (χ0v) is 15.1. The van der Waals surface area contributed by atoms with Crippen LogP contribution >= 0.6 is 0 Å². The third-order valence-corrected chi connectivity index (χ3v) is 4.15. The molecule has 1 atom stereocenters. The molecule has 1 fully saturated rings. The minimum absolute atomic E-state index is 0.226. The number of hydrogen-bond acceptors (Lipinski definition) is 4. The van der Waals surface area contributed by atoms with E-state index in [0.717, 1.165) is 16.3 Å². The number of imide groups is 1. The first-order valence-electron chi connectivity index (χ1n) is 8.59. The van der Waals surface area contributed by atoms with E-state index in [1.807, 2.05) is 30.3 Å². The number of nitrogens with one attached hydrogen (secondary N) is 2. The van der Waals surface area contributed by atoms with Crippen molar-refractivity contribution in [2.24, 2.45) is 0 Å². The molecule has 1 unspecified atom stereocenters. The Morgan fingerprint density at radius 3 is 2.54 bits per heavy atom. The van der Waals surface area contributed by atoms with Gasteiger partial charge < -0.3 is 4.74 Å². The fourth-order valence-electron chi connectivity index (χ4n) is 2.99. The van der Waals surface area contributed by atoms with Gasteiger partial charge in [-0.3, -0.25) is 20.2 Å². The van der Waals surface area contributed by atoms with Crippen LogP contribution in [0, 0.1) is 0 Å². The summed E-state index contributed by atoms with van der Waals surface area (Å²) < 4.78 is 5.26. The van der Waals surface area contributed by atoms with Crippen LogP contribution in [0.4, 0.5) is 10.5 Å². The lowest BCUT2D eigenvalue weighted by Gasteiger charge is -2.21. The Morgan fingerprint density at radius 2 is 1.85 bits per heavy atom. The molecule has 6 heteroatoms. The molecule has 0 bridgehead atoms.